The molecule has 0 aromatic carbocycles. The van der Waals surface area contributed by atoms with Crippen LogP contribution in [-0.4, -0.2) is 12.6 Å². The molecule has 0 aliphatic carbocycles. The first-order valence-electron chi connectivity index (χ1n) is 6.09. The average molecular weight is 197 g/mol. The smallest absolute Gasteiger partial charge is 0.0252 e. The number of nitrogens with one attached hydrogen (secondary N) is 1. The van der Waals surface area contributed by atoms with Crippen molar-refractivity contribution in [3.63, 3.8) is 0 Å². The van der Waals surface area contributed by atoms with Gasteiger partial charge in [0.25, 0.3) is 0 Å². The number of hydrogen-bond acceptors (Lipinski definition) is 1. The fraction of sp³-hybridized carbons (Fsp3) is 0.846. The number of hydrogen-bond donors (Lipinski definition) is 1. The summed E-state index contributed by atoms with van der Waals surface area (Å²) in [5, 5.41) is 3.51. The lowest BCUT2D eigenvalue weighted by Crippen LogP contribution is -2.26. The van der Waals surface area contributed by atoms with Crippen molar-refractivity contribution in [1.29, 1.82) is 0 Å². The predicted molar refractivity (Wildman–Crippen MR) is 65.7 cm³/mol. The highest BCUT2D eigenvalue weighted by atomic mass is 14.9. The molecule has 0 aliphatic heterocycles. The lowest BCUT2D eigenvalue weighted by Gasteiger charge is -2.14. The van der Waals surface area contributed by atoms with E-state index in [1.54, 1.807) is 0 Å². The van der Waals surface area contributed by atoms with Crippen LogP contribution < -0.4 is 5.32 Å². The molecule has 1 unspecified atom stereocenters. The lowest BCUT2D eigenvalue weighted by atomic mass is 10.1. The van der Waals surface area contributed by atoms with Gasteiger partial charge < -0.3 is 5.32 Å². The molecule has 0 aliphatic rings. The minimum Gasteiger partial charge on any atom is -0.311 e. The molecule has 14 heavy (non-hydrogen) atoms. The normalized spacial score (nSPS) is 12.6. The molecule has 0 bridgehead atoms. The highest BCUT2D eigenvalue weighted by molar-refractivity contribution is 5.00. The van der Waals surface area contributed by atoms with Crippen LogP contribution in [0.5, 0.6) is 0 Å². The van der Waals surface area contributed by atoms with E-state index in [0.717, 1.165) is 6.54 Å². The van der Waals surface area contributed by atoms with Gasteiger partial charge in [-0.1, -0.05) is 51.2 Å². The van der Waals surface area contributed by atoms with Gasteiger partial charge in [-0.05, 0) is 26.8 Å². The monoisotopic (exact) mass is 197 g/mol. The molecule has 0 saturated carbocycles. The van der Waals surface area contributed by atoms with Gasteiger partial charge in [-0.3, -0.25) is 0 Å². The predicted octanol–water partition coefficient (Wildman–Crippen LogP) is 3.90. The van der Waals surface area contributed by atoms with E-state index in [1.807, 2.05) is 0 Å². The molecule has 1 nitrogen and oxygen atoms in total. The quantitative estimate of drug-likeness (QED) is 0.459. The van der Waals surface area contributed by atoms with E-state index in [1.165, 1.54) is 37.7 Å². The Hall–Kier alpha value is -0.300. The molecule has 0 aromatic rings. The summed E-state index contributed by atoms with van der Waals surface area (Å²) in [6.45, 7) is 9.87. The molecule has 0 saturated heterocycles. The van der Waals surface area contributed by atoms with Crippen molar-refractivity contribution in [2.45, 2.75) is 65.8 Å². The van der Waals surface area contributed by atoms with E-state index < -0.39 is 0 Å². The van der Waals surface area contributed by atoms with Crippen molar-refractivity contribution >= 4 is 0 Å². The van der Waals surface area contributed by atoms with E-state index in [4.69, 9.17) is 0 Å². The Balaban J connectivity index is 3.68. The summed E-state index contributed by atoms with van der Waals surface area (Å²) < 4.78 is 0. The van der Waals surface area contributed by atoms with Crippen LogP contribution >= 0.6 is 0 Å². The average Bonchev–Trinajstić information content (AvgIpc) is 2.12. The minimum absolute atomic E-state index is 0.599. The van der Waals surface area contributed by atoms with Gasteiger partial charge in [0.2, 0.25) is 0 Å². The number of unbranched alkanes of at least 4 members (excludes halogenated alkanes) is 3. The Morgan fingerprint density at radius 2 is 1.86 bits per heavy atom. The third-order valence-corrected chi connectivity index (χ3v) is 2.37. The third-order valence-electron chi connectivity index (χ3n) is 2.37. The van der Waals surface area contributed by atoms with Gasteiger partial charge >= 0.3 is 0 Å². The Kier molecular flexibility index (Phi) is 9.06. The zero-order chi connectivity index (χ0) is 10.8. The Morgan fingerprint density at radius 3 is 2.36 bits per heavy atom. The zero-order valence-electron chi connectivity index (χ0n) is 10.4. The van der Waals surface area contributed by atoms with Gasteiger partial charge in [-0.15, -0.1) is 0 Å². The van der Waals surface area contributed by atoms with E-state index in [2.05, 4.69) is 39.1 Å². The second-order valence-corrected chi connectivity index (χ2v) is 4.26. The van der Waals surface area contributed by atoms with Gasteiger partial charge in [-0.25, -0.2) is 0 Å². The SMILES string of the molecule is CCCCCCC(C=C(C)C)NCC. The Bertz CT molecular complexity index is 145. The summed E-state index contributed by atoms with van der Waals surface area (Å²) in [5.41, 5.74) is 1.42. The van der Waals surface area contributed by atoms with Crippen molar-refractivity contribution in [3.8, 4) is 0 Å². The lowest BCUT2D eigenvalue weighted by molar-refractivity contribution is 0.526. The number of rotatable bonds is 8. The number of likely N-dealkylation sites (N-methyl/N-ethyl adjacent to an activating group) is 1. The fourth-order valence-corrected chi connectivity index (χ4v) is 1.70. The molecule has 1 N–H and O–H groups in total. The van der Waals surface area contributed by atoms with Crippen LogP contribution in [0.1, 0.15) is 59.8 Å². The van der Waals surface area contributed by atoms with Crippen molar-refractivity contribution in [2.75, 3.05) is 6.54 Å². The summed E-state index contributed by atoms with van der Waals surface area (Å²) in [6, 6.07) is 0.599. The van der Waals surface area contributed by atoms with Crippen LogP contribution in [0, 0.1) is 0 Å². The first-order valence-corrected chi connectivity index (χ1v) is 6.09. The van der Waals surface area contributed by atoms with Crippen molar-refractivity contribution in [2.24, 2.45) is 0 Å². The maximum Gasteiger partial charge on any atom is 0.0252 e. The van der Waals surface area contributed by atoms with Gasteiger partial charge in [0.15, 0.2) is 0 Å². The molecule has 0 heterocycles. The van der Waals surface area contributed by atoms with Crippen molar-refractivity contribution in [3.05, 3.63) is 11.6 Å². The van der Waals surface area contributed by atoms with Crippen LogP contribution in [0.2, 0.25) is 0 Å². The standard InChI is InChI=1S/C13H27N/c1-5-7-8-9-10-13(14-6-2)11-12(3)4/h11,13-14H,5-10H2,1-4H3. The Morgan fingerprint density at radius 1 is 1.14 bits per heavy atom. The topological polar surface area (TPSA) is 12.0 Å². The van der Waals surface area contributed by atoms with Crippen LogP contribution in [-0.2, 0) is 0 Å². The number of allylic oxidation sites excluding steroid dienone is 1. The maximum atomic E-state index is 3.51. The van der Waals surface area contributed by atoms with Crippen LogP contribution in [0.3, 0.4) is 0 Å². The fourth-order valence-electron chi connectivity index (χ4n) is 1.70. The van der Waals surface area contributed by atoms with Gasteiger partial charge in [0, 0.05) is 6.04 Å². The first-order chi connectivity index (χ1) is 6.70. The molecular weight excluding hydrogens is 170 g/mol. The summed E-state index contributed by atoms with van der Waals surface area (Å²) in [4.78, 5) is 0. The molecule has 0 fully saturated rings. The Labute approximate surface area is 90.0 Å². The molecule has 0 aromatic heterocycles. The summed E-state index contributed by atoms with van der Waals surface area (Å²) in [7, 11) is 0. The maximum absolute atomic E-state index is 3.51. The van der Waals surface area contributed by atoms with Crippen molar-refractivity contribution < 1.29 is 0 Å². The molecule has 0 rings (SSSR count). The second-order valence-electron chi connectivity index (χ2n) is 4.26. The third kappa shape index (κ3) is 8.31. The van der Waals surface area contributed by atoms with Crippen LogP contribution in [0.15, 0.2) is 11.6 Å². The minimum atomic E-state index is 0.599. The molecule has 0 radical (unpaired) electrons. The zero-order valence-corrected chi connectivity index (χ0v) is 10.4. The summed E-state index contributed by atoms with van der Waals surface area (Å²) in [5.74, 6) is 0. The molecule has 0 spiro atoms. The van der Waals surface area contributed by atoms with Gasteiger partial charge in [-0.2, -0.15) is 0 Å². The largest absolute Gasteiger partial charge is 0.311 e. The molecular formula is C13H27N. The van der Waals surface area contributed by atoms with Gasteiger partial charge in [0.05, 0.1) is 0 Å². The highest BCUT2D eigenvalue weighted by Crippen LogP contribution is 2.08. The van der Waals surface area contributed by atoms with E-state index in [9.17, 15) is 0 Å². The molecule has 1 heteroatoms. The summed E-state index contributed by atoms with van der Waals surface area (Å²) >= 11 is 0. The van der Waals surface area contributed by atoms with Crippen LogP contribution in [0.25, 0.3) is 0 Å². The first kappa shape index (κ1) is 13.7. The molecule has 84 valence electrons. The highest BCUT2D eigenvalue weighted by Gasteiger charge is 2.02. The van der Waals surface area contributed by atoms with E-state index in [-0.39, 0.29) is 0 Å². The van der Waals surface area contributed by atoms with Crippen molar-refractivity contribution in [1.82, 2.24) is 5.32 Å². The van der Waals surface area contributed by atoms with E-state index >= 15 is 0 Å². The van der Waals surface area contributed by atoms with Gasteiger partial charge in [0.1, 0.15) is 0 Å². The van der Waals surface area contributed by atoms with Crippen LogP contribution in [0.4, 0.5) is 0 Å². The second kappa shape index (κ2) is 9.26. The molecule has 0 amide bonds. The van der Waals surface area contributed by atoms with E-state index in [0.29, 0.717) is 6.04 Å². The summed E-state index contributed by atoms with van der Waals surface area (Å²) in [6.07, 6.45) is 9.10. The molecule has 1 atom stereocenters.